The van der Waals surface area contributed by atoms with Crippen molar-refractivity contribution in [1.29, 1.82) is 5.26 Å². The highest BCUT2D eigenvalue weighted by molar-refractivity contribution is 6.35. The Bertz CT molecular complexity index is 240. The Kier molecular flexibility index (Phi) is 2.64. The van der Waals surface area contributed by atoms with Gasteiger partial charge in [-0.2, -0.15) is 5.26 Å². The van der Waals surface area contributed by atoms with Gasteiger partial charge in [-0.25, -0.2) is 0 Å². The minimum absolute atomic E-state index is 0.128. The lowest BCUT2D eigenvalue weighted by atomic mass is 10.5. The SMILES string of the molecule is N#CCNC(=O)C(=O)NC1CC1. The van der Waals surface area contributed by atoms with E-state index in [9.17, 15) is 9.59 Å². The van der Waals surface area contributed by atoms with Crippen molar-refractivity contribution in [3.63, 3.8) is 0 Å². The van der Waals surface area contributed by atoms with Crippen LogP contribution in [0.25, 0.3) is 0 Å². The van der Waals surface area contributed by atoms with E-state index in [1.54, 1.807) is 6.07 Å². The van der Waals surface area contributed by atoms with Gasteiger partial charge in [0.2, 0.25) is 0 Å². The second-order valence-electron chi connectivity index (χ2n) is 2.59. The van der Waals surface area contributed by atoms with Crippen molar-refractivity contribution in [1.82, 2.24) is 10.6 Å². The fourth-order valence-electron chi connectivity index (χ4n) is 0.679. The van der Waals surface area contributed by atoms with Crippen LogP contribution in [0.15, 0.2) is 0 Å². The number of rotatable bonds is 2. The molecule has 0 aromatic carbocycles. The molecule has 1 aliphatic rings. The second-order valence-corrected chi connectivity index (χ2v) is 2.59. The topological polar surface area (TPSA) is 82.0 Å². The maximum atomic E-state index is 10.9. The summed E-state index contributed by atoms with van der Waals surface area (Å²) in [7, 11) is 0. The summed E-state index contributed by atoms with van der Waals surface area (Å²) in [6, 6.07) is 1.88. The minimum Gasteiger partial charge on any atom is -0.345 e. The zero-order chi connectivity index (χ0) is 8.97. The van der Waals surface area contributed by atoms with Crippen LogP contribution >= 0.6 is 0 Å². The molecule has 5 nitrogen and oxygen atoms in total. The average Bonchev–Trinajstić information content (AvgIpc) is 2.83. The van der Waals surface area contributed by atoms with Crippen LogP contribution < -0.4 is 10.6 Å². The van der Waals surface area contributed by atoms with E-state index < -0.39 is 11.8 Å². The highest BCUT2D eigenvalue weighted by Gasteiger charge is 2.25. The molecule has 2 amide bonds. The predicted molar refractivity (Wildman–Crippen MR) is 39.8 cm³/mol. The summed E-state index contributed by atoms with van der Waals surface area (Å²) >= 11 is 0. The Morgan fingerprint density at radius 1 is 1.42 bits per heavy atom. The Morgan fingerprint density at radius 2 is 2.08 bits per heavy atom. The number of hydrogen-bond acceptors (Lipinski definition) is 3. The molecule has 0 spiro atoms. The summed E-state index contributed by atoms with van der Waals surface area (Å²) in [5, 5.41) is 12.8. The average molecular weight is 167 g/mol. The van der Waals surface area contributed by atoms with Crippen LogP contribution in [0.3, 0.4) is 0 Å². The zero-order valence-electron chi connectivity index (χ0n) is 6.46. The first-order chi connectivity index (χ1) is 5.74. The molecule has 0 atom stereocenters. The van der Waals surface area contributed by atoms with Gasteiger partial charge in [0.25, 0.3) is 0 Å². The first-order valence-corrected chi connectivity index (χ1v) is 3.69. The minimum atomic E-state index is -0.733. The summed E-state index contributed by atoms with van der Waals surface area (Å²) in [6.45, 7) is -0.128. The molecule has 0 heterocycles. The Labute approximate surface area is 69.7 Å². The van der Waals surface area contributed by atoms with Gasteiger partial charge in [0.05, 0.1) is 6.07 Å². The van der Waals surface area contributed by atoms with Gasteiger partial charge >= 0.3 is 11.8 Å². The van der Waals surface area contributed by atoms with Crippen LogP contribution in [0.5, 0.6) is 0 Å². The van der Waals surface area contributed by atoms with Crippen molar-refractivity contribution >= 4 is 11.8 Å². The third-order valence-corrected chi connectivity index (χ3v) is 1.45. The molecule has 1 rings (SSSR count). The zero-order valence-corrected chi connectivity index (χ0v) is 6.46. The van der Waals surface area contributed by atoms with Crippen LogP contribution in [0, 0.1) is 11.3 Å². The summed E-state index contributed by atoms with van der Waals surface area (Å²) in [5.74, 6) is -1.38. The molecule has 0 unspecified atom stereocenters. The molecular weight excluding hydrogens is 158 g/mol. The molecule has 0 saturated heterocycles. The van der Waals surface area contributed by atoms with Gasteiger partial charge in [0, 0.05) is 6.04 Å². The standard InChI is InChI=1S/C7H9N3O2/c8-3-4-9-6(11)7(12)10-5-1-2-5/h5H,1-2,4H2,(H,9,11)(H,10,12). The largest absolute Gasteiger partial charge is 0.345 e. The van der Waals surface area contributed by atoms with Crippen molar-refractivity contribution in [3.05, 3.63) is 0 Å². The van der Waals surface area contributed by atoms with E-state index in [1.165, 1.54) is 0 Å². The molecule has 0 aromatic heterocycles. The van der Waals surface area contributed by atoms with E-state index in [2.05, 4.69) is 10.6 Å². The normalized spacial score (nSPS) is 14.6. The monoisotopic (exact) mass is 167 g/mol. The second kappa shape index (κ2) is 3.72. The van der Waals surface area contributed by atoms with Gasteiger partial charge in [-0.15, -0.1) is 0 Å². The lowest BCUT2D eigenvalue weighted by molar-refractivity contribution is -0.139. The summed E-state index contributed by atoms with van der Waals surface area (Å²) in [6.07, 6.45) is 1.88. The van der Waals surface area contributed by atoms with Crippen molar-refractivity contribution < 1.29 is 9.59 Å². The third kappa shape index (κ3) is 2.58. The van der Waals surface area contributed by atoms with Gasteiger partial charge in [-0.05, 0) is 12.8 Å². The molecule has 0 aliphatic heterocycles. The van der Waals surface area contributed by atoms with Gasteiger partial charge in [0.15, 0.2) is 0 Å². The van der Waals surface area contributed by atoms with Crippen molar-refractivity contribution in [3.8, 4) is 6.07 Å². The summed E-state index contributed by atoms with van der Waals surface area (Å²) in [5.41, 5.74) is 0. The Morgan fingerprint density at radius 3 is 2.58 bits per heavy atom. The quantitative estimate of drug-likeness (QED) is 0.404. The van der Waals surface area contributed by atoms with Crippen LogP contribution in [-0.4, -0.2) is 24.4 Å². The number of amides is 2. The van der Waals surface area contributed by atoms with E-state index >= 15 is 0 Å². The fourth-order valence-corrected chi connectivity index (χ4v) is 0.679. The van der Waals surface area contributed by atoms with Crippen molar-refractivity contribution in [2.24, 2.45) is 0 Å². The molecule has 5 heteroatoms. The van der Waals surface area contributed by atoms with Gasteiger partial charge in [-0.3, -0.25) is 9.59 Å². The highest BCUT2D eigenvalue weighted by Crippen LogP contribution is 2.18. The number of nitriles is 1. The van der Waals surface area contributed by atoms with Crippen LogP contribution in [0.4, 0.5) is 0 Å². The molecule has 1 saturated carbocycles. The number of nitrogens with zero attached hydrogens (tertiary/aromatic N) is 1. The van der Waals surface area contributed by atoms with E-state index in [1.807, 2.05) is 0 Å². The number of hydrogen-bond donors (Lipinski definition) is 2. The highest BCUT2D eigenvalue weighted by atomic mass is 16.2. The first kappa shape index (κ1) is 8.53. The van der Waals surface area contributed by atoms with E-state index in [-0.39, 0.29) is 12.6 Å². The molecule has 2 N–H and O–H groups in total. The molecule has 1 aliphatic carbocycles. The predicted octanol–water partition coefficient (Wildman–Crippen LogP) is -1.10. The Hall–Kier alpha value is -1.57. The summed E-state index contributed by atoms with van der Waals surface area (Å²) in [4.78, 5) is 21.7. The van der Waals surface area contributed by atoms with Gasteiger partial charge in [0.1, 0.15) is 6.54 Å². The number of carbonyl (C=O) groups is 2. The maximum absolute atomic E-state index is 10.9. The molecule has 0 radical (unpaired) electrons. The van der Waals surface area contributed by atoms with E-state index in [4.69, 9.17) is 5.26 Å². The lowest BCUT2D eigenvalue weighted by Crippen LogP contribution is -2.40. The molecule has 0 bridgehead atoms. The summed E-state index contributed by atoms with van der Waals surface area (Å²) < 4.78 is 0. The first-order valence-electron chi connectivity index (χ1n) is 3.69. The van der Waals surface area contributed by atoms with Crippen LogP contribution in [0.1, 0.15) is 12.8 Å². The lowest BCUT2D eigenvalue weighted by Gasteiger charge is -2.00. The van der Waals surface area contributed by atoms with Crippen LogP contribution in [-0.2, 0) is 9.59 Å². The third-order valence-electron chi connectivity index (χ3n) is 1.45. The smallest absolute Gasteiger partial charge is 0.310 e. The number of carbonyl (C=O) groups excluding carboxylic acids is 2. The number of nitrogens with one attached hydrogen (secondary N) is 2. The van der Waals surface area contributed by atoms with E-state index in [0.29, 0.717) is 0 Å². The fraction of sp³-hybridized carbons (Fsp3) is 0.571. The molecule has 64 valence electrons. The molecular formula is C7H9N3O2. The van der Waals surface area contributed by atoms with Crippen LogP contribution in [0.2, 0.25) is 0 Å². The van der Waals surface area contributed by atoms with Gasteiger partial charge in [-0.1, -0.05) is 0 Å². The van der Waals surface area contributed by atoms with Crippen molar-refractivity contribution in [2.75, 3.05) is 6.54 Å². The molecule has 12 heavy (non-hydrogen) atoms. The Balaban J connectivity index is 2.21. The maximum Gasteiger partial charge on any atom is 0.310 e. The van der Waals surface area contributed by atoms with E-state index in [0.717, 1.165) is 12.8 Å². The molecule has 0 aromatic rings. The van der Waals surface area contributed by atoms with Gasteiger partial charge < -0.3 is 10.6 Å². The molecule has 1 fully saturated rings. The van der Waals surface area contributed by atoms with Crippen molar-refractivity contribution in [2.45, 2.75) is 18.9 Å².